The molecular weight excluding hydrogens is 132 g/mol. The highest BCUT2D eigenvalue weighted by Gasteiger charge is 1.91. The van der Waals surface area contributed by atoms with Crippen LogP contribution in [0.25, 0.3) is 0 Å². The summed E-state index contributed by atoms with van der Waals surface area (Å²) in [5, 5.41) is 0. The topological polar surface area (TPSA) is 0 Å². The zero-order chi connectivity index (χ0) is 8.69. The first-order valence-electron chi connectivity index (χ1n) is 4.55. The number of rotatable bonds is 4. The van der Waals surface area contributed by atoms with Gasteiger partial charge in [0.25, 0.3) is 0 Å². The molecule has 0 unspecified atom stereocenters. The molecule has 0 heteroatoms. The Labute approximate surface area is 71.0 Å². The first-order chi connectivity index (χ1) is 5.22. The molecule has 11 heavy (non-hydrogen) atoms. The summed E-state index contributed by atoms with van der Waals surface area (Å²) in [6, 6.07) is 0. The lowest BCUT2D eigenvalue weighted by atomic mass is 10.1. The van der Waals surface area contributed by atoms with Gasteiger partial charge in [0.15, 0.2) is 0 Å². The van der Waals surface area contributed by atoms with Crippen LogP contribution < -0.4 is 0 Å². The van der Waals surface area contributed by atoms with Crippen LogP contribution in [0.4, 0.5) is 0 Å². The molecule has 0 aliphatic rings. The van der Waals surface area contributed by atoms with Gasteiger partial charge in [-0.2, -0.15) is 0 Å². The fraction of sp³-hybridized carbons (Fsp3) is 0.636. The molecule has 0 saturated heterocycles. The van der Waals surface area contributed by atoms with Crippen molar-refractivity contribution in [3.63, 3.8) is 0 Å². The first-order valence-corrected chi connectivity index (χ1v) is 4.55. The maximum atomic E-state index is 2.26. The van der Waals surface area contributed by atoms with Gasteiger partial charge >= 0.3 is 0 Å². The Morgan fingerprint density at radius 3 is 2.18 bits per heavy atom. The Kier molecular flexibility index (Phi) is 5.91. The molecule has 0 aliphatic heterocycles. The number of hydrogen-bond acceptors (Lipinski definition) is 0. The highest BCUT2D eigenvalue weighted by molar-refractivity contribution is 5.23. The van der Waals surface area contributed by atoms with Crippen LogP contribution in [0.15, 0.2) is 23.3 Å². The van der Waals surface area contributed by atoms with Crippen LogP contribution in [0.5, 0.6) is 0 Å². The van der Waals surface area contributed by atoms with Gasteiger partial charge in [0.2, 0.25) is 0 Å². The molecule has 0 rings (SSSR count). The van der Waals surface area contributed by atoms with Crippen LogP contribution in [0.2, 0.25) is 0 Å². The van der Waals surface area contributed by atoms with Crippen LogP contribution in [-0.2, 0) is 0 Å². The van der Waals surface area contributed by atoms with E-state index < -0.39 is 0 Å². The second kappa shape index (κ2) is 6.21. The van der Waals surface area contributed by atoms with Crippen LogP contribution in [0, 0.1) is 0 Å². The molecule has 0 atom stereocenters. The molecule has 0 saturated carbocycles. The molecule has 0 nitrogen and oxygen atoms in total. The van der Waals surface area contributed by atoms with Crippen molar-refractivity contribution in [2.75, 3.05) is 0 Å². The molecule has 64 valence electrons. The lowest BCUT2D eigenvalue weighted by Crippen LogP contribution is -1.81. The van der Waals surface area contributed by atoms with E-state index in [1.807, 2.05) is 0 Å². The van der Waals surface area contributed by atoms with Crippen molar-refractivity contribution in [3.05, 3.63) is 23.3 Å². The molecule has 0 aliphatic carbocycles. The molecular formula is C11H20. The summed E-state index contributed by atoms with van der Waals surface area (Å²) in [5.74, 6) is 0. The van der Waals surface area contributed by atoms with Crippen molar-refractivity contribution in [1.29, 1.82) is 0 Å². The van der Waals surface area contributed by atoms with E-state index in [1.54, 1.807) is 0 Å². The highest BCUT2D eigenvalue weighted by atomic mass is 14.0. The molecule has 0 aromatic rings. The van der Waals surface area contributed by atoms with Crippen LogP contribution in [-0.4, -0.2) is 0 Å². The largest absolute Gasteiger partial charge is 0.0845 e. The third-order valence-corrected chi connectivity index (χ3v) is 1.72. The van der Waals surface area contributed by atoms with Crippen molar-refractivity contribution in [2.24, 2.45) is 0 Å². The molecule has 0 spiro atoms. The van der Waals surface area contributed by atoms with Crippen molar-refractivity contribution >= 4 is 0 Å². The lowest BCUT2D eigenvalue weighted by molar-refractivity contribution is 0.911. The zero-order valence-corrected chi connectivity index (χ0v) is 8.28. The van der Waals surface area contributed by atoms with E-state index in [-0.39, 0.29) is 0 Å². The monoisotopic (exact) mass is 152 g/mol. The van der Waals surface area contributed by atoms with Crippen LogP contribution in [0.1, 0.15) is 47.0 Å². The van der Waals surface area contributed by atoms with Crippen molar-refractivity contribution in [2.45, 2.75) is 47.0 Å². The van der Waals surface area contributed by atoms with Gasteiger partial charge in [0, 0.05) is 0 Å². The molecule has 0 aromatic carbocycles. The Hall–Kier alpha value is -0.520. The Morgan fingerprint density at radius 2 is 1.82 bits per heavy atom. The molecule has 0 amide bonds. The van der Waals surface area contributed by atoms with E-state index in [0.717, 1.165) is 6.42 Å². The Bertz CT molecular complexity index is 145. The second-order valence-corrected chi connectivity index (χ2v) is 3.09. The van der Waals surface area contributed by atoms with Gasteiger partial charge in [-0.15, -0.1) is 0 Å². The average Bonchev–Trinajstić information content (AvgIpc) is 1.97. The molecule has 0 N–H and O–H groups in total. The maximum Gasteiger partial charge on any atom is -0.0282 e. The van der Waals surface area contributed by atoms with Gasteiger partial charge < -0.3 is 0 Å². The third kappa shape index (κ3) is 4.83. The summed E-state index contributed by atoms with van der Waals surface area (Å²) in [5.41, 5.74) is 2.96. The molecule has 0 heterocycles. The summed E-state index contributed by atoms with van der Waals surface area (Å²) < 4.78 is 0. The molecule has 0 fully saturated rings. The van der Waals surface area contributed by atoms with Gasteiger partial charge in [-0.05, 0) is 32.3 Å². The normalized spacial score (nSPS) is 10.5. The van der Waals surface area contributed by atoms with Gasteiger partial charge in [0.1, 0.15) is 0 Å². The second-order valence-electron chi connectivity index (χ2n) is 3.09. The standard InChI is InChI=1S/C11H20/c1-5-7-9-11(8-6-2)10(3)4/h7,9H,5-6,8H2,1-4H3/b9-7-. The summed E-state index contributed by atoms with van der Waals surface area (Å²) >= 11 is 0. The van der Waals surface area contributed by atoms with Gasteiger partial charge in [-0.1, -0.05) is 38.0 Å². The zero-order valence-electron chi connectivity index (χ0n) is 8.28. The van der Waals surface area contributed by atoms with Gasteiger partial charge in [-0.3, -0.25) is 0 Å². The summed E-state index contributed by atoms with van der Waals surface area (Å²) in [4.78, 5) is 0. The van der Waals surface area contributed by atoms with Gasteiger partial charge in [-0.25, -0.2) is 0 Å². The smallest absolute Gasteiger partial charge is 0.0282 e. The van der Waals surface area contributed by atoms with E-state index in [0.29, 0.717) is 0 Å². The fourth-order valence-corrected chi connectivity index (χ4v) is 1.03. The lowest BCUT2D eigenvalue weighted by Gasteiger charge is -2.01. The summed E-state index contributed by atoms with van der Waals surface area (Å²) in [7, 11) is 0. The molecule has 0 bridgehead atoms. The first kappa shape index (κ1) is 10.5. The average molecular weight is 152 g/mol. The predicted octanol–water partition coefficient (Wildman–Crippen LogP) is 4.09. The summed E-state index contributed by atoms with van der Waals surface area (Å²) in [6.07, 6.45) is 8.10. The predicted molar refractivity (Wildman–Crippen MR) is 52.7 cm³/mol. The van der Waals surface area contributed by atoms with Crippen molar-refractivity contribution in [3.8, 4) is 0 Å². The Morgan fingerprint density at radius 1 is 1.18 bits per heavy atom. The van der Waals surface area contributed by atoms with Crippen LogP contribution in [0.3, 0.4) is 0 Å². The SMILES string of the molecule is CC/C=C\C(CCC)=C(C)C. The fourth-order valence-electron chi connectivity index (χ4n) is 1.03. The maximum absolute atomic E-state index is 2.26. The highest BCUT2D eigenvalue weighted by Crippen LogP contribution is 2.12. The van der Waals surface area contributed by atoms with E-state index >= 15 is 0 Å². The van der Waals surface area contributed by atoms with E-state index in [9.17, 15) is 0 Å². The number of allylic oxidation sites excluding steroid dienone is 4. The number of hydrogen-bond donors (Lipinski definition) is 0. The van der Waals surface area contributed by atoms with Gasteiger partial charge in [0.05, 0.1) is 0 Å². The van der Waals surface area contributed by atoms with E-state index in [2.05, 4.69) is 39.8 Å². The minimum Gasteiger partial charge on any atom is -0.0845 e. The quantitative estimate of drug-likeness (QED) is 0.532. The molecule has 0 aromatic heterocycles. The Balaban J connectivity index is 4.12. The molecule has 0 radical (unpaired) electrons. The minimum atomic E-state index is 1.14. The van der Waals surface area contributed by atoms with Crippen molar-refractivity contribution < 1.29 is 0 Å². The van der Waals surface area contributed by atoms with Crippen molar-refractivity contribution in [1.82, 2.24) is 0 Å². The van der Waals surface area contributed by atoms with E-state index in [4.69, 9.17) is 0 Å². The third-order valence-electron chi connectivity index (χ3n) is 1.72. The van der Waals surface area contributed by atoms with E-state index in [1.165, 1.54) is 24.0 Å². The minimum absolute atomic E-state index is 1.14. The van der Waals surface area contributed by atoms with Crippen LogP contribution >= 0.6 is 0 Å². The summed E-state index contributed by atoms with van der Waals surface area (Å²) in [6.45, 7) is 8.77.